The number of aromatic hydroxyl groups is 2. The maximum Gasteiger partial charge on any atom is 0.131 e. The van der Waals surface area contributed by atoms with Gasteiger partial charge in [-0.1, -0.05) is 146 Å². The minimum Gasteiger partial charge on any atom is -0.507 e. The molecule has 0 saturated heterocycles. The summed E-state index contributed by atoms with van der Waals surface area (Å²) in [6.45, 7) is 11.1. The van der Waals surface area contributed by atoms with Crippen LogP contribution in [0.2, 0.25) is 0 Å². The Bertz CT molecular complexity index is 2780. The van der Waals surface area contributed by atoms with Crippen LogP contribution in [-0.2, 0) is 6.42 Å². The lowest BCUT2D eigenvalue weighted by atomic mass is 9.90. The highest BCUT2D eigenvalue weighted by molar-refractivity contribution is 6.02. The summed E-state index contributed by atoms with van der Waals surface area (Å²) in [5.74, 6) is 1.79. The van der Waals surface area contributed by atoms with Gasteiger partial charge in [0.05, 0.1) is 13.2 Å². The second-order valence-electron chi connectivity index (χ2n) is 15.1. The first-order chi connectivity index (χ1) is 28.4. The Balaban J connectivity index is 1.07. The molecule has 8 rings (SSSR count). The summed E-state index contributed by atoms with van der Waals surface area (Å²) < 4.78 is 13.2. The zero-order valence-corrected chi connectivity index (χ0v) is 33.3. The Hall–Kier alpha value is -6.78. The van der Waals surface area contributed by atoms with Crippen LogP contribution in [-0.4, -0.2) is 23.4 Å². The molecule has 0 radical (unpaired) electrons. The summed E-state index contributed by atoms with van der Waals surface area (Å²) in [5, 5.41) is 28.4. The summed E-state index contributed by atoms with van der Waals surface area (Å²) in [6, 6.07) is 51.0. The Labute approximate surface area is 341 Å². The SMILES string of the molecule is C=CCC(COc1ccccc1-c1cccc(-c2c(C)ccc3ccccc23)c1O)COc1ccc(CC)cc1-c1cccc(-c2c(C)ccc3ccccc23)c1O. The fourth-order valence-electron chi connectivity index (χ4n) is 8.18. The summed E-state index contributed by atoms with van der Waals surface area (Å²) in [4.78, 5) is 0. The van der Waals surface area contributed by atoms with E-state index >= 15 is 0 Å². The molecule has 8 aromatic rings. The summed E-state index contributed by atoms with van der Waals surface area (Å²) in [5.41, 5.74) is 10.1. The van der Waals surface area contributed by atoms with E-state index in [4.69, 9.17) is 9.47 Å². The molecule has 1 atom stereocenters. The van der Waals surface area contributed by atoms with Crippen LogP contribution in [0.4, 0.5) is 0 Å². The van der Waals surface area contributed by atoms with Crippen molar-refractivity contribution in [3.63, 3.8) is 0 Å². The van der Waals surface area contributed by atoms with Crippen molar-refractivity contribution < 1.29 is 19.7 Å². The normalized spacial score (nSPS) is 11.8. The standard InChI is InChI=1S/C54H48O4/c1-5-15-38(33-57-49-25-12-11-20-43(49)44-21-13-23-46(53(44)55)51-35(3)26-29-39-16-7-9-18-41(39)51)34-58-50-31-28-37(6-2)32-48(50)45-22-14-24-47(54(45)56)52-36(4)27-30-40-17-8-10-19-42(40)52/h5,7-14,16-32,38,55-56H,1,6,15,33-34H2,2-4H3. The Morgan fingerprint density at radius 3 is 1.57 bits per heavy atom. The van der Waals surface area contributed by atoms with Crippen LogP contribution in [0, 0.1) is 19.8 Å². The van der Waals surface area contributed by atoms with Crippen LogP contribution >= 0.6 is 0 Å². The molecular weight excluding hydrogens is 713 g/mol. The molecule has 0 aromatic heterocycles. The summed E-state index contributed by atoms with van der Waals surface area (Å²) in [7, 11) is 0. The first-order valence-corrected chi connectivity index (χ1v) is 20.1. The van der Waals surface area contributed by atoms with E-state index in [9.17, 15) is 10.2 Å². The monoisotopic (exact) mass is 760 g/mol. The topological polar surface area (TPSA) is 58.9 Å². The zero-order chi connectivity index (χ0) is 40.2. The van der Waals surface area contributed by atoms with Gasteiger partial charge in [-0.2, -0.15) is 0 Å². The van der Waals surface area contributed by atoms with Gasteiger partial charge in [0.1, 0.15) is 23.0 Å². The van der Waals surface area contributed by atoms with Gasteiger partial charge in [0.25, 0.3) is 0 Å². The third-order valence-electron chi connectivity index (χ3n) is 11.3. The summed E-state index contributed by atoms with van der Waals surface area (Å²) in [6.07, 6.45) is 3.42. The molecule has 1 unspecified atom stereocenters. The van der Waals surface area contributed by atoms with Crippen molar-refractivity contribution >= 4 is 21.5 Å². The number of phenols is 2. The molecule has 58 heavy (non-hydrogen) atoms. The molecule has 0 aliphatic rings. The van der Waals surface area contributed by atoms with Crippen LogP contribution in [0.5, 0.6) is 23.0 Å². The van der Waals surface area contributed by atoms with Crippen molar-refractivity contribution in [2.75, 3.05) is 13.2 Å². The number of hydrogen-bond donors (Lipinski definition) is 2. The van der Waals surface area contributed by atoms with Crippen LogP contribution in [0.1, 0.15) is 30.0 Å². The van der Waals surface area contributed by atoms with E-state index < -0.39 is 0 Å². The van der Waals surface area contributed by atoms with Crippen LogP contribution in [0.25, 0.3) is 66.1 Å². The number of hydrogen-bond acceptors (Lipinski definition) is 4. The van der Waals surface area contributed by atoms with Gasteiger partial charge >= 0.3 is 0 Å². The van der Waals surface area contributed by atoms with E-state index in [1.54, 1.807) is 0 Å². The van der Waals surface area contributed by atoms with Crippen molar-refractivity contribution in [2.45, 2.75) is 33.6 Å². The van der Waals surface area contributed by atoms with Crippen molar-refractivity contribution in [3.8, 4) is 67.5 Å². The molecule has 4 heteroatoms. The van der Waals surface area contributed by atoms with Crippen molar-refractivity contribution in [1.82, 2.24) is 0 Å². The summed E-state index contributed by atoms with van der Waals surface area (Å²) >= 11 is 0. The van der Waals surface area contributed by atoms with Crippen LogP contribution in [0.15, 0.2) is 164 Å². The lowest BCUT2D eigenvalue weighted by Gasteiger charge is -2.21. The largest absolute Gasteiger partial charge is 0.507 e. The van der Waals surface area contributed by atoms with Crippen molar-refractivity contribution in [1.29, 1.82) is 0 Å². The molecule has 0 aliphatic heterocycles. The Morgan fingerprint density at radius 1 is 0.517 bits per heavy atom. The molecule has 288 valence electrons. The first-order valence-electron chi connectivity index (χ1n) is 20.1. The molecule has 4 nitrogen and oxygen atoms in total. The van der Waals surface area contributed by atoms with Gasteiger partial charge in [-0.3, -0.25) is 0 Å². The molecular formula is C54H48O4. The predicted octanol–water partition coefficient (Wildman–Crippen LogP) is 13.9. The van der Waals surface area contributed by atoms with Crippen LogP contribution in [0.3, 0.4) is 0 Å². The highest BCUT2D eigenvalue weighted by Gasteiger charge is 2.21. The fraction of sp³-hybridized carbons (Fsp3) is 0.148. The van der Waals surface area contributed by atoms with Gasteiger partial charge in [0, 0.05) is 39.3 Å². The fourth-order valence-corrected chi connectivity index (χ4v) is 8.18. The Kier molecular flexibility index (Phi) is 11.0. The smallest absolute Gasteiger partial charge is 0.131 e. The number of para-hydroxylation sites is 3. The third kappa shape index (κ3) is 7.42. The zero-order valence-electron chi connectivity index (χ0n) is 33.3. The molecule has 0 saturated carbocycles. The quantitative estimate of drug-likeness (QED) is 0.115. The predicted molar refractivity (Wildman–Crippen MR) is 241 cm³/mol. The third-order valence-corrected chi connectivity index (χ3v) is 11.3. The molecule has 0 amide bonds. The number of aryl methyl sites for hydroxylation is 3. The van der Waals surface area contributed by atoms with E-state index in [2.05, 4.69) is 88.0 Å². The number of rotatable bonds is 13. The van der Waals surface area contributed by atoms with E-state index in [1.165, 1.54) is 0 Å². The van der Waals surface area contributed by atoms with Gasteiger partial charge in [-0.25, -0.2) is 0 Å². The molecule has 0 bridgehead atoms. The highest BCUT2D eigenvalue weighted by atomic mass is 16.5. The van der Waals surface area contributed by atoms with E-state index in [-0.39, 0.29) is 17.4 Å². The van der Waals surface area contributed by atoms with Gasteiger partial charge in [-0.15, -0.1) is 6.58 Å². The first kappa shape index (κ1) is 38.1. The second kappa shape index (κ2) is 16.8. The minimum atomic E-state index is -0.0271. The van der Waals surface area contributed by atoms with Crippen molar-refractivity contribution in [2.24, 2.45) is 5.92 Å². The molecule has 0 fully saturated rings. The Morgan fingerprint density at radius 2 is 1.00 bits per heavy atom. The van der Waals surface area contributed by atoms with Gasteiger partial charge in [0.15, 0.2) is 0 Å². The maximum absolute atomic E-state index is 12.0. The number of phenolic OH excluding ortho intramolecular Hbond substituents is 2. The molecule has 0 spiro atoms. The molecule has 8 aromatic carbocycles. The van der Waals surface area contributed by atoms with E-state index in [0.717, 1.165) is 83.6 Å². The molecule has 0 heterocycles. The van der Waals surface area contributed by atoms with E-state index in [1.807, 2.05) is 97.1 Å². The average molecular weight is 761 g/mol. The lowest BCUT2D eigenvalue weighted by Crippen LogP contribution is -2.20. The minimum absolute atomic E-state index is 0.0271. The average Bonchev–Trinajstić information content (AvgIpc) is 3.25. The molecule has 2 N–H and O–H groups in total. The molecule has 0 aliphatic carbocycles. The highest BCUT2D eigenvalue weighted by Crippen LogP contribution is 2.46. The van der Waals surface area contributed by atoms with Gasteiger partial charge in [-0.05, 0) is 94.3 Å². The number of fused-ring (bicyclic) bond motifs is 2. The number of ether oxygens (including phenoxy) is 2. The second-order valence-corrected chi connectivity index (χ2v) is 15.1. The van der Waals surface area contributed by atoms with E-state index in [0.29, 0.717) is 36.7 Å². The number of benzene rings is 8. The maximum atomic E-state index is 12.0. The van der Waals surface area contributed by atoms with Gasteiger partial charge in [0.2, 0.25) is 0 Å². The lowest BCUT2D eigenvalue weighted by molar-refractivity contribution is 0.179. The number of allylic oxidation sites excluding steroid dienone is 1. The van der Waals surface area contributed by atoms with Crippen LogP contribution < -0.4 is 9.47 Å². The van der Waals surface area contributed by atoms with Crippen molar-refractivity contribution in [3.05, 3.63) is 181 Å². The van der Waals surface area contributed by atoms with Gasteiger partial charge < -0.3 is 19.7 Å².